The lowest BCUT2D eigenvalue weighted by Gasteiger charge is -2.30. The van der Waals surface area contributed by atoms with Crippen molar-refractivity contribution in [2.45, 2.75) is 69.1 Å². The zero-order valence-electron chi connectivity index (χ0n) is 22.1. The Balaban J connectivity index is 1.44. The number of anilines is 1. The molecule has 3 saturated carbocycles. The van der Waals surface area contributed by atoms with Gasteiger partial charge in [-0.15, -0.1) is 5.73 Å². The van der Waals surface area contributed by atoms with Crippen molar-refractivity contribution in [3.8, 4) is 0 Å². The minimum Gasteiger partial charge on any atom is -0.384 e. The molecule has 8 nitrogen and oxygen atoms in total. The average molecular weight is 563 g/mol. The molecule has 2 bridgehead atoms. The molecule has 0 radical (unpaired) electrons. The van der Waals surface area contributed by atoms with E-state index in [1.54, 1.807) is 0 Å². The molecule has 1 amide bonds. The van der Waals surface area contributed by atoms with Crippen molar-refractivity contribution < 1.29 is 36.9 Å². The Morgan fingerprint density at radius 2 is 1.93 bits per heavy atom. The number of hydrogen-bond donors (Lipinski definition) is 3. The highest BCUT2D eigenvalue weighted by molar-refractivity contribution is 5.81. The fourth-order valence-electron chi connectivity index (χ4n) is 5.54. The van der Waals surface area contributed by atoms with Crippen LogP contribution in [0.4, 0.5) is 23.4 Å². The van der Waals surface area contributed by atoms with Crippen molar-refractivity contribution in [1.82, 2.24) is 15.3 Å². The lowest BCUT2D eigenvalue weighted by molar-refractivity contribution is -0.170. The van der Waals surface area contributed by atoms with Crippen LogP contribution in [-0.4, -0.2) is 51.5 Å². The Morgan fingerprint density at radius 3 is 2.52 bits per heavy atom. The minimum absolute atomic E-state index is 0.0701. The Hall–Kier alpha value is -3.31. The number of rotatable bonds is 9. The van der Waals surface area contributed by atoms with Crippen LogP contribution in [0.2, 0.25) is 0 Å². The van der Waals surface area contributed by atoms with Gasteiger partial charge in [0, 0.05) is 18.0 Å². The van der Waals surface area contributed by atoms with Gasteiger partial charge in [0.2, 0.25) is 5.91 Å². The normalized spacial score (nSPS) is 24.4. The van der Waals surface area contributed by atoms with Gasteiger partial charge in [-0.25, -0.2) is 18.7 Å². The van der Waals surface area contributed by atoms with Gasteiger partial charge in [0.05, 0.1) is 42.2 Å². The van der Waals surface area contributed by atoms with Crippen LogP contribution in [0.5, 0.6) is 0 Å². The van der Waals surface area contributed by atoms with E-state index in [9.17, 15) is 23.1 Å². The molecular weight excluding hydrogens is 532 g/mol. The quantitative estimate of drug-likeness (QED) is 0.309. The first kappa shape index (κ1) is 28.2. The van der Waals surface area contributed by atoms with E-state index in [2.05, 4.69) is 32.9 Å². The third-order valence-electron chi connectivity index (χ3n) is 7.70. The number of nitrogens with zero attached hydrogens (tertiary/aromatic N) is 2. The second-order valence-corrected chi connectivity index (χ2v) is 11.0. The first-order valence-electron chi connectivity index (χ1n) is 12.9. The molecule has 214 valence electrons. The Morgan fingerprint density at radius 1 is 1.23 bits per heavy atom. The van der Waals surface area contributed by atoms with Gasteiger partial charge in [-0.2, -0.15) is 8.78 Å². The van der Waals surface area contributed by atoms with Crippen LogP contribution in [0.15, 0.2) is 36.8 Å². The fourth-order valence-corrected chi connectivity index (χ4v) is 5.54. The van der Waals surface area contributed by atoms with E-state index < -0.39 is 34.9 Å². The van der Waals surface area contributed by atoms with Crippen LogP contribution in [0.3, 0.4) is 0 Å². The Labute approximate surface area is 228 Å². The summed E-state index contributed by atoms with van der Waals surface area (Å²) in [6.07, 6.45) is 1.22. The van der Waals surface area contributed by atoms with Gasteiger partial charge >= 0.3 is 5.92 Å². The monoisotopic (exact) mass is 562 g/mol. The van der Waals surface area contributed by atoms with Gasteiger partial charge < -0.3 is 25.2 Å². The fraction of sp³-hybridized carbons (Fsp3) is 0.500. The molecule has 4 fully saturated rings. The van der Waals surface area contributed by atoms with E-state index in [4.69, 9.17) is 9.47 Å². The van der Waals surface area contributed by atoms with Crippen molar-refractivity contribution in [3.05, 3.63) is 65.0 Å². The number of halogens is 4. The van der Waals surface area contributed by atoms with Gasteiger partial charge in [-0.05, 0) is 44.7 Å². The molecule has 12 heteroatoms. The highest BCUT2D eigenvalue weighted by atomic mass is 19.3. The second kappa shape index (κ2) is 10.3. The number of nitrogens with one attached hydrogen (secondary N) is 2. The lowest BCUT2D eigenvalue weighted by atomic mass is 9.81. The zero-order valence-corrected chi connectivity index (χ0v) is 22.1. The smallest absolute Gasteiger partial charge is 0.303 e. The summed E-state index contributed by atoms with van der Waals surface area (Å²) >= 11 is 0. The second-order valence-electron chi connectivity index (χ2n) is 11.0. The van der Waals surface area contributed by atoms with Gasteiger partial charge in [0.25, 0.3) is 0 Å². The molecule has 3 aliphatic carbocycles. The van der Waals surface area contributed by atoms with Crippen LogP contribution in [0.25, 0.3) is 5.70 Å². The summed E-state index contributed by atoms with van der Waals surface area (Å²) < 4.78 is 70.8. The molecule has 1 unspecified atom stereocenters. The van der Waals surface area contributed by atoms with E-state index in [0.717, 1.165) is 19.9 Å². The molecule has 2 aromatic rings. The summed E-state index contributed by atoms with van der Waals surface area (Å²) in [5.74, 6) is -5.37. The number of hydrogen-bond acceptors (Lipinski definition) is 7. The van der Waals surface area contributed by atoms with Crippen LogP contribution >= 0.6 is 0 Å². The molecule has 1 aliphatic heterocycles. The van der Waals surface area contributed by atoms with Gasteiger partial charge in [0.1, 0.15) is 29.2 Å². The van der Waals surface area contributed by atoms with Crippen LogP contribution in [0, 0.1) is 11.7 Å². The van der Waals surface area contributed by atoms with E-state index in [-0.39, 0.29) is 72.3 Å². The maximum atomic E-state index is 15.5. The van der Waals surface area contributed by atoms with Crippen molar-refractivity contribution in [2.75, 3.05) is 18.5 Å². The third-order valence-corrected chi connectivity index (χ3v) is 7.70. The Kier molecular flexibility index (Phi) is 7.24. The molecule has 4 aliphatic rings. The summed E-state index contributed by atoms with van der Waals surface area (Å²) in [7, 11) is 0. The maximum Gasteiger partial charge on any atom is 0.303 e. The molecule has 3 N–H and O–H groups in total. The summed E-state index contributed by atoms with van der Waals surface area (Å²) in [4.78, 5) is 21.4. The summed E-state index contributed by atoms with van der Waals surface area (Å²) in [6.45, 7) is 5.86. The van der Waals surface area contributed by atoms with Crippen LogP contribution in [-0.2, 0) is 26.6 Å². The molecule has 1 aromatic heterocycles. The summed E-state index contributed by atoms with van der Waals surface area (Å²) in [5, 5.41) is 15.7. The maximum absolute atomic E-state index is 15.5. The largest absolute Gasteiger partial charge is 0.384 e. The number of aliphatic hydroxyl groups is 1. The van der Waals surface area contributed by atoms with E-state index in [0.29, 0.717) is 12.8 Å². The number of fused-ring (bicyclic) bond motifs is 1. The highest BCUT2D eigenvalue weighted by Gasteiger charge is 2.57. The van der Waals surface area contributed by atoms with Gasteiger partial charge in [-0.3, -0.25) is 4.79 Å². The number of aromatic nitrogens is 2. The number of carbonyl (C=O) groups is 1. The van der Waals surface area contributed by atoms with Crippen molar-refractivity contribution >= 4 is 17.4 Å². The SMILES string of the molecule is C=C=C(Nc1ncnc(CC(=O)NC2CC3(F)CC2C3)c1C1OCCO1)c1cccc(C(F)(F)C(C)(C)O)c1F. The molecule has 1 aromatic carbocycles. The first-order chi connectivity index (χ1) is 18.8. The molecule has 6 rings (SSSR count). The molecule has 1 atom stereocenters. The molecule has 0 spiro atoms. The molecule has 40 heavy (non-hydrogen) atoms. The average Bonchev–Trinajstić information content (AvgIpc) is 3.57. The third kappa shape index (κ3) is 5.12. The van der Waals surface area contributed by atoms with Crippen molar-refractivity contribution in [2.24, 2.45) is 5.92 Å². The number of amides is 1. The van der Waals surface area contributed by atoms with Gasteiger partial charge in [0.15, 0.2) is 6.29 Å². The van der Waals surface area contributed by atoms with Crippen LogP contribution in [0.1, 0.15) is 61.8 Å². The highest BCUT2D eigenvalue weighted by Crippen LogP contribution is 2.54. The van der Waals surface area contributed by atoms with E-state index >= 15 is 4.39 Å². The lowest BCUT2D eigenvalue weighted by Crippen LogP contribution is -2.41. The first-order valence-corrected chi connectivity index (χ1v) is 12.9. The Bertz CT molecular complexity index is 1360. The number of alkyl halides is 3. The van der Waals surface area contributed by atoms with Gasteiger partial charge in [-0.1, -0.05) is 12.6 Å². The number of carbonyl (C=O) groups excluding carboxylic acids is 1. The zero-order chi connectivity index (χ0) is 28.9. The predicted octanol–water partition coefficient (Wildman–Crippen LogP) is 4.31. The predicted molar refractivity (Wildman–Crippen MR) is 136 cm³/mol. The van der Waals surface area contributed by atoms with Crippen molar-refractivity contribution in [3.63, 3.8) is 0 Å². The van der Waals surface area contributed by atoms with Crippen molar-refractivity contribution in [1.29, 1.82) is 0 Å². The molecule has 2 heterocycles. The topological polar surface area (TPSA) is 106 Å². The molecular formula is C28H30F4N4O4. The summed E-state index contributed by atoms with van der Waals surface area (Å²) in [5.41, 5.74) is -2.12. The van der Waals surface area contributed by atoms with E-state index in [1.807, 2.05) is 0 Å². The summed E-state index contributed by atoms with van der Waals surface area (Å²) in [6, 6.07) is 3.12. The van der Waals surface area contributed by atoms with E-state index in [1.165, 1.54) is 18.5 Å². The standard InChI is InChI=1S/C28H30F4N4O4/c1-4-18(16-6-5-7-17(23(16)29)28(31,32)26(2,3)38)36-24-22(25-39-8-9-40-25)19(33-14-34-24)10-21(37)35-20-13-27(30)11-15(20)12-27/h5-7,14-15,20,25,38H,1,8-13H2,2-3H3,(H,35,37)(H,33,34,36). The number of ether oxygens (including phenoxy) is 2. The van der Waals surface area contributed by atoms with Crippen LogP contribution < -0.4 is 10.6 Å². The number of benzene rings is 1. The minimum atomic E-state index is -3.91. The molecule has 1 saturated heterocycles.